The number of hydrogen-bond acceptors (Lipinski definition) is 2. The van der Waals surface area contributed by atoms with Gasteiger partial charge < -0.3 is 10.3 Å². The minimum atomic E-state index is 0.529. The van der Waals surface area contributed by atoms with Gasteiger partial charge in [0.1, 0.15) is 5.82 Å². The Morgan fingerprint density at radius 2 is 2.21 bits per heavy atom. The van der Waals surface area contributed by atoms with E-state index in [1.54, 1.807) is 0 Å². The second kappa shape index (κ2) is 6.53. The van der Waals surface area contributed by atoms with Gasteiger partial charge in [0.25, 0.3) is 0 Å². The number of benzene rings is 1. The molecule has 19 heavy (non-hydrogen) atoms. The van der Waals surface area contributed by atoms with Crippen LogP contribution < -0.4 is 5.32 Å². The van der Waals surface area contributed by atoms with E-state index in [2.05, 4.69) is 41.8 Å². The van der Waals surface area contributed by atoms with Crippen LogP contribution in [-0.4, -0.2) is 22.6 Å². The van der Waals surface area contributed by atoms with Gasteiger partial charge in [-0.1, -0.05) is 17.7 Å². The number of nitrogens with zero attached hydrogens (tertiary/aromatic N) is 1. The van der Waals surface area contributed by atoms with Gasteiger partial charge in [0, 0.05) is 19.0 Å². The van der Waals surface area contributed by atoms with Crippen LogP contribution in [-0.2, 0) is 6.42 Å². The molecule has 0 fully saturated rings. The standard InChI is InChI=1S/C16H23N3/c1-12(2)8-9-13(3)17-11-10-16-18-14-6-4-5-7-15(14)19-16/h4-7,13,17H,1,8-11H2,2-3H3,(H,18,19)/t13-/m1/s1. The molecule has 0 amide bonds. The van der Waals surface area contributed by atoms with E-state index in [1.165, 1.54) is 5.57 Å². The lowest BCUT2D eigenvalue weighted by Gasteiger charge is -2.12. The number of nitrogens with one attached hydrogen (secondary N) is 2. The molecule has 3 heteroatoms. The van der Waals surface area contributed by atoms with Crippen molar-refractivity contribution in [3.05, 3.63) is 42.2 Å². The number of imidazole rings is 1. The van der Waals surface area contributed by atoms with Crippen molar-refractivity contribution in [3.63, 3.8) is 0 Å². The smallest absolute Gasteiger partial charge is 0.108 e. The van der Waals surface area contributed by atoms with Crippen LogP contribution in [0.3, 0.4) is 0 Å². The fourth-order valence-electron chi connectivity index (χ4n) is 2.13. The van der Waals surface area contributed by atoms with Gasteiger partial charge in [-0.2, -0.15) is 0 Å². The van der Waals surface area contributed by atoms with E-state index in [0.717, 1.165) is 42.7 Å². The minimum Gasteiger partial charge on any atom is -0.342 e. The lowest BCUT2D eigenvalue weighted by atomic mass is 10.1. The molecule has 1 atom stereocenters. The predicted molar refractivity (Wildman–Crippen MR) is 81.3 cm³/mol. The highest BCUT2D eigenvalue weighted by Crippen LogP contribution is 2.10. The Labute approximate surface area is 115 Å². The van der Waals surface area contributed by atoms with Gasteiger partial charge in [0.05, 0.1) is 11.0 Å². The molecule has 0 saturated carbocycles. The number of aromatic nitrogens is 2. The molecule has 0 unspecified atom stereocenters. The van der Waals surface area contributed by atoms with Crippen LogP contribution in [0.2, 0.25) is 0 Å². The SMILES string of the molecule is C=C(C)CC[C@@H](C)NCCc1nc2ccccc2[nH]1. The van der Waals surface area contributed by atoms with E-state index in [-0.39, 0.29) is 0 Å². The van der Waals surface area contributed by atoms with Gasteiger partial charge in [0.2, 0.25) is 0 Å². The minimum absolute atomic E-state index is 0.529. The molecule has 102 valence electrons. The fraction of sp³-hybridized carbons (Fsp3) is 0.438. The summed E-state index contributed by atoms with van der Waals surface area (Å²) < 4.78 is 0. The van der Waals surface area contributed by atoms with Crippen molar-refractivity contribution in [3.8, 4) is 0 Å². The zero-order valence-electron chi connectivity index (χ0n) is 11.9. The van der Waals surface area contributed by atoms with Gasteiger partial charge in [-0.3, -0.25) is 0 Å². The second-order valence-electron chi connectivity index (χ2n) is 5.30. The molecule has 1 aromatic heterocycles. The zero-order chi connectivity index (χ0) is 13.7. The monoisotopic (exact) mass is 257 g/mol. The number of H-pyrrole nitrogens is 1. The van der Waals surface area contributed by atoms with Crippen molar-refractivity contribution in [2.75, 3.05) is 6.54 Å². The third-order valence-corrected chi connectivity index (χ3v) is 3.30. The Kier molecular flexibility index (Phi) is 4.74. The van der Waals surface area contributed by atoms with Crippen LogP contribution in [0, 0.1) is 0 Å². The first-order valence-corrected chi connectivity index (χ1v) is 6.96. The summed E-state index contributed by atoms with van der Waals surface area (Å²) in [4.78, 5) is 7.93. The Morgan fingerprint density at radius 3 is 2.95 bits per heavy atom. The number of hydrogen-bond donors (Lipinski definition) is 2. The Balaban J connectivity index is 1.77. The van der Waals surface area contributed by atoms with Crippen molar-refractivity contribution < 1.29 is 0 Å². The first-order valence-electron chi connectivity index (χ1n) is 6.96. The summed E-state index contributed by atoms with van der Waals surface area (Å²) in [5.41, 5.74) is 3.42. The van der Waals surface area contributed by atoms with Crippen LogP contribution in [0.15, 0.2) is 36.4 Å². The number of para-hydroxylation sites is 2. The van der Waals surface area contributed by atoms with Crippen molar-refractivity contribution in [2.24, 2.45) is 0 Å². The molecule has 0 aliphatic carbocycles. The maximum atomic E-state index is 4.57. The van der Waals surface area contributed by atoms with Crippen LogP contribution >= 0.6 is 0 Å². The van der Waals surface area contributed by atoms with Crippen LogP contribution in [0.1, 0.15) is 32.5 Å². The van der Waals surface area contributed by atoms with E-state index in [4.69, 9.17) is 0 Å². The van der Waals surface area contributed by atoms with E-state index < -0.39 is 0 Å². The molecule has 0 aliphatic heterocycles. The Bertz CT molecular complexity index is 509. The molecule has 1 heterocycles. The lowest BCUT2D eigenvalue weighted by Crippen LogP contribution is -2.28. The van der Waals surface area contributed by atoms with Crippen molar-refractivity contribution in [1.29, 1.82) is 0 Å². The van der Waals surface area contributed by atoms with Gasteiger partial charge in [-0.15, -0.1) is 6.58 Å². The third kappa shape index (κ3) is 4.21. The predicted octanol–water partition coefficient (Wildman–Crippen LogP) is 3.44. The molecule has 2 aromatic rings. The van der Waals surface area contributed by atoms with Crippen molar-refractivity contribution >= 4 is 11.0 Å². The van der Waals surface area contributed by atoms with E-state index in [1.807, 2.05) is 18.2 Å². The molecule has 0 bridgehead atoms. The molecule has 0 spiro atoms. The number of fused-ring (bicyclic) bond motifs is 1. The maximum Gasteiger partial charge on any atom is 0.108 e. The summed E-state index contributed by atoms with van der Waals surface area (Å²) in [6, 6.07) is 8.68. The Hall–Kier alpha value is -1.61. The van der Waals surface area contributed by atoms with Gasteiger partial charge in [-0.05, 0) is 38.8 Å². The summed E-state index contributed by atoms with van der Waals surface area (Å²) in [5.74, 6) is 1.06. The summed E-state index contributed by atoms with van der Waals surface area (Å²) in [6.45, 7) is 9.20. The molecule has 1 aromatic carbocycles. The zero-order valence-corrected chi connectivity index (χ0v) is 11.9. The number of aromatic amines is 1. The highest BCUT2D eigenvalue weighted by atomic mass is 14.9. The topological polar surface area (TPSA) is 40.7 Å². The molecule has 0 aliphatic rings. The first-order chi connectivity index (χ1) is 9.15. The molecular formula is C16H23N3. The maximum absolute atomic E-state index is 4.57. The van der Waals surface area contributed by atoms with Crippen LogP contribution in [0.4, 0.5) is 0 Å². The van der Waals surface area contributed by atoms with Crippen LogP contribution in [0.5, 0.6) is 0 Å². The molecule has 3 nitrogen and oxygen atoms in total. The highest BCUT2D eigenvalue weighted by Gasteiger charge is 2.04. The van der Waals surface area contributed by atoms with Crippen LogP contribution in [0.25, 0.3) is 11.0 Å². The summed E-state index contributed by atoms with van der Waals surface area (Å²) >= 11 is 0. The third-order valence-electron chi connectivity index (χ3n) is 3.30. The number of allylic oxidation sites excluding steroid dienone is 1. The quantitative estimate of drug-likeness (QED) is 0.746. The van der Waals surface area contributed by atoms with E-state index >= 15 is 0 Å². The normalized spacial score (nSPS) is 12.7. The van der Waals surface area contributed by atoms with Gasteiger partial charge >= 0.3 is 0 Å². The summed E-state index contributed by atoms with van der Waals surface area (Å²) in [7, 11) is 0. The molecule has 0 radical (unpaired) electrons. The highest BCUT2D eigenvalue weighted by molar-refractivity contribution is 5.74. The largest absolute Gasteiger partial charge is 0.342 e. The molecular weight excluding hydrogens is 234 g/mol. The van der Waals surface area contributed by atoms with E-state index in [0.29, 0.717) is 6.04 Å². The molecule has 2 rings (SSSR count). The van der Waals surface area contributed by atoms with Crippen molar-refractivity contribution in [2.45, 2.75) is 39.2 Å². The summed E-state index contributed by atoms with van der Waals surface area (Å²) in [6.07, 6.45) is 3.18. The van der Waals surface area contributed by atoms with Gasteiger partial charge in [0.15, 0.2) is 0 Å². The van der Waals surface area contributed by atoms with E-state index in [9.17, 15) is 0 Å². The lowest BCUT2D eigenvalue weighted by molar-refractivity contribution is 0.514. The summed E-state index contributed by atoms with van der Waals surface area (Å²) in [5, 5.41) is 3.53. The fourth-order valence-corrected chi connectivity index (χ4v) is 2.13. The first kappa shape index (κ1) is 13.8. The average molecular weight is 257 g/mol. The van der Waals surface area contributed by atoms with Gasteiger partial charge in [-0.25, -0.2) is 4.98 Å². The molecule has 2 N–H and O–H groups in total. The number of rotatable bonds is 7. The average Bonchev–Trinajstić information content (AvgIpc) is 2.79. The Morgan fingerprint density at radius 1 is 1.42 bits per heavy atom. The molecule has 0 saturated heterocycles. The van der Waals surface area contributed by atoms with Crippen molar-refractivity contribution in [1.82, 2.24) is 15.3 Å². The second-order valence-corrected chi connectivity index (χ2v) is 5.30.